The third-order valence-electron chi connectivity index (χ3n) is 3.66. The van der Waals surface area contributed by atoms with Crippen molar-refractivity contribution in [1.29, 1.82) is 0 Å². The van der Waals surface area contributed by atoms with Gasteiger partial charge >= 0.3 is 0 Å². The van der Waals surface area contributed by atoms with E-state index in [1.54, 1.807) is 0 Å². The highest BCUT2D eigenvalue weighted by atomic mass is 14.5. The SMILES string of the molecule is NCC1CCC(CC2CC2)CC1. The van der Waals surface area contributed by atoms with Gasteiger partial charge in [0, 0.05) is 0 Å². The van der Waals surface area contributed by atoms with E-state index in [0.717, 1.165) is 24.3 Å². The standard InChI is InChI=1S/C11H21N/c12-8-11-5-3-10(4-6-11)7-9-1-2-9/h9-11H,1-8,12H2. The Morgan fingerprint density at radius 3 is 1.58 bits per heavy atom. The summed E-state index contributed by atoms with van der Waals surface area (Å²) in [5.74, 6) is 3.06. The fourth-order valence-electron chi connectivity index (χ4n) is 2.53. The number of hydrogen-bond donors (Lipinski definition) is 1. The van der Waals surface area contributed by atoms with Crippen LogP contribution in [0.15, 0.2) is 0 Å². The molecule has 0 spiro atoms. The van der Waals surface area contributed by atoms with Crippen molar-refractivity contribution in [3.05, 3.63) is 0 Å². The molecule has 0 amide bonds. The Hall–Kier alpha value is -0.0400. The van der Waals surface area contributed by atoms with E-state index in [4.69, 9.17) is 5.73 Å². The molecule has 0 unspecified atom stereocenters. The zero-order valence-electron chi connectivity index (χ0n) is 7.97. The molecular weight excluding hydrogens is 146 g/mol. The molecule has 0 aliphatic heterocycles. The van der Waals surface area contributed by atoms with E-state index in [0.29, 0.717) is 0 Å². The quantitative estimate of drug-likeness (QED) is 0.687. The third-order valence-corrected chi connectivity index (χ3v) is 3.66. The Kier molecular flexibility index (Phi) is 2.69. The van der Waals surface area contributed by atoms with Crippen LogP contribution in [-0.4, -0.2) is 6.54 Å². The van der Waals surface area contributed by atoms with E-state index in [1.165, 1.54) is 44.9 Å². The molecule has 0 aromatic carbocycles. The molecule has 2 aliphatic carbocycles. The van der Waals surface area contributed by atoms with Crippen LogP contribution in [0.5, 0.6) is 0 Å². The highest BCUT2D eigenvalue weighted by Gasteiger charge is 2.27. The van der Waals surface area contributed by atoms with Gasteiger partial charge in [-0.05, 0) is 43.6 Å². The Balaban J connectivity index is 1.66. The van der Waals surface area contributed by atoms with Gasteiger partial charge < -0.3 is 5.73 Å². The van der Waals surface area contributed by atoms with Crippen LogP contribution in [0.4, 0.5) is 0 Å². The lowest BCUT2D eigenvalue weighted by Gasteiger charge is -2.27. The summed E-state index contributed by atoms with van der Waals surface area (Å²) in [6.45, 7) is 0.927. The number of nitrogens with two attached hydrogens (primary N) is 1. The third kappa shape index (κ3) is 2.22. The lowest BCUT2D eigenvalue weighted by molar-refractivity contribution is 0.260. The smallest absolute Gasteiger partial charge is 0.00489 e. The van der Waals surface area contributed by atoms with Crippen molar-refractivity contribution in [2.75, 3.05) is 6.54 Å². The predicted molar refractivity (Wildman–Crippen MR) is 51.8 cm³/mol. The van der Waals surface area contributed by atoms with E-state index in [-0.39, 0.29) is 0 Å². The molecule has 0 radical (unpaired) electrons. The summed E-state index contributed by atoms with van der Waals surface area (Å²) in [6.07, 6.45) is 10.4. The first-order chi connectivity index (χ1) is 5.88. The minimum Gasteiger partial charge on any atom is -0.330 e. The summed E-state index contributed by atoms with van der Waals surface area (Å²) in [6, 6.07) is 0. The van der Waals surface area contributed by atoms with Crippen molar-refractivity contribution in [1.82, 2.24) is 0 Å². The van der Waals surface area contributed by atoms with E-state index < -0.39 is 0 Å². The van der Waals surface area contributed by atoms with Crippen molar-refractivity contribution in [3.8, 4) is 0 Å². The molecular formula is C11H21N. The number of hydrogen-bond acceptors (Lipinski definition) is 1. The van der Waals surface area contributed by atoms with Crippen LogP contribution in [-0.2, 0) is 0 Å². The second-order valence-electron chi connectivity index (χ2n) is 4.80. The van der Waals surface area contributed by atoms with Gasteiger partial charge in [-0.1, -0.05) is 25.7 Å². The Morgan fingerprint density at radius 2 is 1.17 bits per heavy atom. The van der Waals surface area contributed by atoms with E-state index in [2.05, 4.69) is 0 Å². The van der Waals surface area contributed by atoms with Crippen LogP contribution in [0.2, 0.25) is 0 Å². The van der Waals surface area contributed by atoms with E-state index in [9.17, 15) is 0 Å². The minimum atomic E-state index is 0.862. The molecule has 2 fully saturated rings. The molecule has 2 aliphatic rings. The van der Waals surface area contributed by atoms with Crippen LogP contribution in [0, 0.1) is 17.8 Å². The molecule has 0 saturated heterocycles. The summed E-state index contributed by atoms with van der Waals surface area (Å²) in [5.41, 5.74) is 5.66. The molecule has 2 rings (SSSR count). The molecule has 1 heteroatoms. The van der Waals surface area contributed by atoms with Gasteiger partial charge in [-0.25, -0.2) is 0 Å². The first-order valence-electron chi connectivity index (χ1n) is 5.58. The van der Waals surface area contributed by atoms with Crippen molar-refractivity contribution in [2.45, 2.75) is 44.9 Å². The predicted octanol–water partition coefficient (Wildman–Crippen LogP) is 2.55. The fraction of sp³-hybridized carbons (Fsp3) is 1.00. The van der Waals surface area contributed by atoms with Crippen LogP contribution < -0.4 is 5.73 Å². The summed E-state index contributed by atoms with van der Waals surface area (Å²) in [7, 11) is 0. The summed E-state index contributed by atoms with van der Waals surface area (Å²) in [5, 5.41) is 0. The normalized spacial score (nSPS) is 36.8. The molecule has 0 aromatic rings. The van der Waals surface area contributed by atoms with Crippen molar-refractivity contribution in [2.24, 2.45) is 23.5 Å². The molecule has 12 heavy (non-hydrogen) atoms. The topological polar surface area (TPSA) is 26.0 Å². The highest BCUT2D eigenvalue weighted by Crippen LogP contribution is 2.40. The average molecular weight is 167 g/mol. The minimum absolute atomic E-state index is 0.862. The lowest BCUT2D eigenvalue weighted by Crippen LogP contribution is -2.21. The summed E-state index contributed by atoms with van der Waals surface area (Å²) < 4.78 is 0. The van der Waals surface area contributed by atoms with E-state index in [1.807, 2.05) is 0 Å². The zero-order valence-corrected chi connectivity index (χ0v) is 7.97. The van der Waals surface area contributed by atoms with Crippen LogP contribution in [0.1, 0.15) is 44.9 Å². The van der Waals surface area contributed by atoms with Gasteiger partial charge in [-0.2, -0.15) is 0 Å². The second-order valence-corrected chi connectivity index (χ2v) is 4.80. The largest absolute Gasteiger partial charge is 0.330 e. The van der Waals surface area contributed by atoms with E-state index >= 15 is 0 Å². The van der Waals surface area contributed by atoms with Gasteiger partial charge in [-0.3, -0.25) is 0 Å². The molecule has 70 valence electrons. The average Bonchev–Trinajstić information content (AvgIpc) is 2.90. The summed E-state index contributed by atoms with van der Waals surface area (Å²) in [4.78, 5) is 0. The van der Waals surface area contributed by atoms with Gasteiger partial charge in [-0.15, -0.1) is 0 Å². The molecule has 0 bridgehead atoms. The first-order valence-corrected chi connectivity index (χ1v) is 5.58. The number of rotatable bonds is 3. The van der Waals surface area contributed by atoms with Gasteiger partial charge in [0.2, 0.25) is 0 Å². The van der Waals surface area contributed by atoms with Crippen LogP contribution in [0.25, 0.3) is 0 Å². The molecule has 0 aromatic heterocycles. The maximum atomic E-state index is 5.66. The first kappa shape index (κ1) is 8.55. The molecule has 1 nitrogen and oxygen atoms in total. The maximum absolute atomic E-state index is 5.66. The van der Waals surface area contributed by atoms with Gasteiger partial charge in [0.1, 0.15) is 0 Å². The zero-order chi connectivity index (χ0) is 8.39. The van der Waals surface area contributed by atoms with Crippen LogP contribution in [0.3, 0.4) is 0 Å². The van der Waals surface area contributed by atoms with Gasteiger partial charge in [0.25, 0.3) is 0 Å². The van der Waals surface area contributed by atoms with Crippen molar-refractivity contribution in [3.63, 3.8) is 0 Å². The Bertz CT molecular complexity index is 132. The van der Waals surface area contributed by atoms with Crippen LogP contribution >= 0.6 is 0 Å². The molecule has 0 atom stereocenters. The lowest BCUT2D eigenvalue weighted by atomic mass is 9.80. The molecule has 0 heterocycles. The molecule has 2 N–H and O–H groups in total. The maximum Gasteiger partial charge on any atom is -0.00489 e. The highest BCUT2D eigenvalue weighted by molar-refractivity contribution is 4.80. The van der Waals surface area contributed by atoms with Gasteiger partial charge in [0.15, 0.2) is 0 Å². The summed E-state index contributed by atoms with van der Waals surface area (Å²) >= 11 is 0. The molecule has 2 saturated carbocycles. The van der Waals surface area contributed by atoms with Crippen molar-refractivity contribution < 1.29 is 0 Å². The Labute approximate surface area is 75.7 Å². The second kappa shape index (κ2) is 3.78. The Morgan fingerprint density at radius 1 is 0.750 bits per heavy atom. The fourth-order valence-corrected chi connectivity index (χ4v) is 2.53. The monoisotopic (exact) mass is 167 g/mol. The van der Waals surface area contributed by atoms with Crippen molar-refractivity contribution >= 4 is 0 Å². The van der Waals surface area contributed by atoms with Gasteiger partial charge in [0.05, 0.1) is 0 Å².